The summed E-state index contributed by atoms with van der Waals surface area (Å²) in [6.07, 6.45) is -2.83. The third-order valence-corrected chi connectivity index (χ3v) is 3.56. The zero-order chi connectivity index (χ0) is 16.4. The van der Waals surface area contributed by atoms with E-state index in [0.29, 0.717) is 12.8 Å². The molecule has 0 bridgehead atoms. The summed E-state index contributed by atoms with van der Waals surface area (Å²) in [6, 6.07) is -2.26. The minimum absolute atomic E-state index is 0.0759. The molecule has 1 aliphatic heterocycles. The van der Waals surface area contributed by atoms with Crippen LogP contribution in [-0.4, -0.2) is 53.5 Å². The number of likely N-dealkylation sites (tertiary alicyclic amines) is 1. The molecule has 1 saturated heterocycles. The monoisotopic (exact) mass is 314 g/mol. The molecule has 1 heterocycles. The summed E-state index contributed by atoms with van der Waals surface area (Å²) in [7, 11) is 0. The van der Waals surface area contributed by atoms with E-state index in [1.54, 1.807) is 19.2 Å². The maximum absolute atomic E-state index is 12.8. The van der Waals surface area contributed by atoms with Crippen LogP contribution in [0.25, 0.3) is 0 Å². The maximum Gasteiger partial charge on any atom is 0.327 e. The van der Waals surface area contributed by atoms with Gasteiger partial charge in [-0.25, -0.2) is 18.4 Å². The summed E-state index contributed by atoms with van der Waals surface area (Å²) in [5, 5.41) is 10.9. The van der Waals surface area contributed by atoms with Crippen LogP contribution in [0.2, 0.25) is 0 Å². The van der Waals surface area contributed by atoms with Crippen LogP contribution in [0.15, 0.2) is 0 Å². The van der Waals surface area contributed by atoms with Gasteiger partial charge in [0.2, 0.25) is 0 Å². The zero-order valence-electron chi connectivity index (χ0n) is 11.7. The average molecular weight is 314 g/mol. The summed E-state index contributed by atoms with van der Waals surface area (Å²) in [5.74, 6) is -5.60. The quantitative estimate of drug-likeness (QED) is 0.781. The number of alkyl halides is 4. The van der Waals surface area contributed by atoms with Gasteiger partial charge in [-0.1, -0.05) is 13.8 Å². The van der Waals surface area contributed by atoms with Crippen molar-refractivity contribution >= 4 is 12.0 Å². The van der Waals surface area contributed by atoms with E-state index in [1.807, 2.05) is 0 Å². The summed E-state index contributed by atoms with van der Waals surface area (Å²) < 4.78 is 49.6. The number of hydrogen-bond donors (Lipinski definition) is 2. The van der Waals surface area contributed by atoms with E-state index in [9.17, 15) is 32.3 Å². The Kier molecular flexibility index (Phi) is 5.06. The summed E-state index contributed by atoms with van der Waals surface area (Å²) >= 11 is 0. The Morgan fingerprint density at radius 3 is 2.48 bits per heavy atom. The average Bonchev–Trinajstić information content (AvgIpc) is 2.33. The fourth-order valence-electron chi connectivity index (χ4n) is 2.45. The Hall–Kier alpha value is -1.54. The molecule has 5 nitrogen and oxygen atoms in total. The first kappa shape index (κ1) is 17.5. The molecule has 0 spiro atoms. The van der Waals surface area contributed by atoms with Gasteiger partial charge in [0.1, 0.15) is 6.04 Å². The lowest BCUT2D eigenvalue weighted by molar-refractivity contribution is -0.148. The lowest BCUT2D eigenvalue weighted by Gasteiger charge is -2.43. The Balaban J connectivity index is 2.78. The van der Waals surface area contributed by atoms with Crippen molar-refractivity contribution in [2.75, 3.05) is 13.1 Å². The highest BCUT2D eigenvalue weighted by molar-refractivity contribution is 5.83. The fraction of sp³-hybridized carbons (Fsp3) is 0.833. The van der Waals surface area contributed by atoms with Crippen molar-refractivity contribution in [1.29, 1.82) is 0 Å². The van der Waals surface area contributed by atoms with Gasteiger partial charge in [-0.2, -0.15) is 8.78 Å². The molecule has 0 aliphatic carbocycles. The molecule has 21 heavy (non-hydrogen) atoms. The smallest absolute Gasteiger partial charge is 0.327 e. The van der Waals surface area contributed by atoms with Crippen molar-refractivity contribution in [1.82, 2.24) is 10.2 Å². The van der Waals surface area contributed by atoms with E-state index in [2.05, 4.69) is 0 Å². The van der Waals surface area contributed by atoms with Gasteiger partial charge in [-0.15, -0.1) is 0 Å². The number of nitrogens with one attached hydrogen (secondary N) is 1. The zero-order valence-corrected chi connectivity index (χ0v) is 11.7. The van der Waals surface area contributed by atoms with E-state index >= 15 is 0 Å². The number of carbonyl (C=O) groups excluding carboxylic acids is 1. The Morgan fingerprint density at radius 2 is 2.00 bits per heavy atom. The molecule has 1 atom stereocenters. The first-order valence-electron chi connectivity index (χ1n) is 6.42. The Bertz CT molecular complexity index is 415. The molecular weight excluding hydrogens is 296 g/mol. The van der Waals surface area contributed by atoms with Crippen molar-refractivity contribution in [3.05, 3.63) is 0 Å². The van der Waals surface area contributed by atoms with Gasteiger partial charge in [-0.05, 0) is 18.3 Å². The number of hydrogen-bond acceptors (Lipinski definition) is 2. The molecule has 0 aromatic heterocycles. The maximum atomic E-state index is 12.8. The van der Waals surface area contributed by atoms with Crippen LogP contribution < -0.4 is 5.32 Å². The number of rotatable bonds is 4. The minimum Gasteiger partial charge on any atom is -0.480 e. The van der Waals surface area contributed by atoms with Crippen molar-refractivity contribution in [3.8, 4) is 0 Å². The van der Waals surface area contributed by atoms with Crippen LogP contribution in [-0.2, 0) is 4.79 Å². The molecule has 0 aromatic carbocycles. The summed E-state index contributed by atoms with van der Waals surface area (Å²) in [6.45, 7) is 1.84. The standard InChI is InChI=1S/C12H18F4N2O3/c1-11(2)4-3-5-18(7(11)8(19)20)10(21)17-6-12(15,16)9(13)14/h7,9H,3-6H2,1-2H3,(H,17,21)(H,19,20). The van der Waals surface area contributed by atoms with Crippen LogP contribution in [0.4, 0.5) is 22.4 Å². The van der Waals surface area contributed by atoms with E-state index in [4.69, 9.17) is 0 Å². The van der Waals surface area contributed by atoms with E-state index in [1.165, 1.54) is 0 Å². The first-order chi connectivity index (χ1) is 9.49. The third kappa shape index (κ3) is 3.98. The summed E-state index contributed by atoms with van der Waals surface area (Å²) in [4.78, 5) is 24.1. The minimum atomic E-state index is -4.35. The fourth-order valence-corrected chi connectivity index (χ4v) is 2.45. The highest BCUT2D eigenvalue weighted by Crippen LogP contribution is 2.35. The van der Waals surface area contributed by atoms with Crippen LogP contribution in [0.5, 0.6) is 0 Å². The first-order valence-corrected chi connectivity index (χ1v) is 6.42. The predicted octanol–water partition coefficient (Wildman–Crippen LogP) is 2.17. The predicted molar refractivity (Wildman–Crippen MR) is 65.5 cm³/mol. The van der Waals surface area contributed by atoms with Crippen LogP contribution in [0.1, 0.15) is 26.7 Å². The van der Waals surface area contributed by atoms with Crippen molar-refractivity contribution < 1.29 is 32.3 Å². The van der Waals surface area contributed by atoms with E-state index in [-0.39, 0.29) is 6.54 Å². The van der Waals surface area contributed by atoms with Gasteiger partial charge in [0.25, 0.3) is 0 Å². The number of aliphatic carboxylic acids is 1. The molecule has 9 heteroatoms. The summed E-state index contributed by atoms with van der Waals surface area (Å²) in [5.41, 5.74) is -0.730. The van der Waals surface area contributed by atoms with Gasteiger partial charge in [-0.3, -0.25) is 0 Å². The molecule has 1 unspecified atom stereocenters. The molecule has 1 fully saturated rings. The van der Waals surface area contributed by atoms with Crippen LogP contribution in [0.3, 0.4) is 0 Å². The second-order valence-corrected chi connectivity index (χ2v) is 5.75. The molecule has 1 rings (SSSR count). The van der Waals surface area contributed by atoms with Crippen LogP contribution >= 0.6 is 0 Å². The Morgan fingerprint density at radius 1 is 1.43 bits per heavy atom. The van der Waals surface area contributed by atoms with Crippen LogP contribution in [0, 0.1) is 5.41 Å². The van der Waals surface area contributed by atoms with E-state index < -0.39 is 42.3 Å². The molecule has 0 saturated carbocycles. The van der Waals surface area contributed by atoms with Gasteiger partial charge >= 0.3 is 24.3 Å². The van der Waals surface area contributed by atoms with Gasteiger partial charge in [0.05, 0.1) is 6.54 Å². The number of carbonyl (C=O) groups is 2. The lowest BCUT2D eigenvalue weighted by atomic mass is 9.76. The SMILES string of the molecule is CC1(C)CCCN(C(=O)NCC(F)(F)C(F)F)C1C(=O)O. The second-order valence-electron chi connectivity index (χ2n) is 5.75. The molecule has 2 N–H and O–H groups in total. The van der Waals surface area contributed by atoms with Gasteiger partial charge in [0.15, 0.2) is 0 Å². The topological polar surface area (TPSA) is 69.6 Å². The molecule has 0 aromatic rings. The van der Waals surface area contributed by atoms with E-state index in [0.717, 1.165) is 4.90 Å². The Labute approximate surface area is 119 Å². The number of amides is 2. The normalized spacial score (nSPS) is 22.2. The van der Waals surface area contributed by atoms with Crippen molar-refractivity contribution in [3.63, 3.8) is 0 Å². The van der Waals surface area contributed by atoms with Gasteiger partial charge in [0, 0.05) is 6.54 Å². The third-order valence-electron chi connectivity index (χ3n) is 3.56. The highest BCUT2D eigenvalue weighted by atomic mass is 19.3. The number of carboxylic acids is 1. The second kappa shape index (κ2) is 6.07. The molecule has 122 valence electrons. The molecular formula is C12H18F4N2O3. The molecule has 1 aliphatic rings. The molecule has 0 radical (unpaired) electrons. The highest BCUT2D eigenvalue weighted by Gasteiger charge is 2.46. The number of nitrogens with zero attached hydrogens (tertiary/aromatic N) is 1. The lowest BCUT2D eigenvalue weighted by Crippen LogP contribution is -2.59. The number of carboxylic acid groups (broad SMARTS) is 1. The largest absolute Gasteiger partial charge is 0.480 e. The molecule has 2 amide bonds. The van der Waals surface area contributed by atoms with Crippen molar-refractivity contribution in [2.24, 2.45) is 5.41 Å². The van der Waals surface area contributed by atoms with Gasteiger partial charge < -0.3 is 15.3 Å². The number of halogens is 4. The number of urea groups is 1. The van der Waals surface area contributed by atoms with Crippen molar-refractivity contribution in [2.45, 2.75) is 45.1 Å². The number of piperidine rings is 1.